The molecule has 3 N–H and O–H groups in total. The van der Waals surface area contributed by atoms with E-state index in [1.54, 1.807) is 13.2 Å². The van der Waals surface area contributed by atoms with Crippen molar-refractivity contribution >= 4 is 11.9 Å². The lowest BCUT2D eigenvalue weighted by Gasteiger charge is -2.57. The fourth-order valence-corrected chi connectivity index (χ4v) is 5.96. The average Bonchev–Trinajstić information content (AvgIpc) is 2.79. The molecule has 3 amide bonds. The molecule has 180 valence electrons. The SMILES string of the molecule is COc1ccc(CNC(=O)NC2CC3(C2)CC(C(=O)N[C@H]2CCCc4ccc(F)cc42)C3)cc1. The Hall–Kier alpha value is -3.09. The number of aryl methyl sites for hydroxylation is 1. The van der Waals surface area contributed by atoms with Crippen LogP contribution in [0.15, 0.2) is 42.5 Å². The predicted octanol–water partition coefficient (Wildman–Crippen LogP) is 4.39. The van der Waals surface area contributed by atoms with Crippen molar-refractivity contribution in [3.05, 3.63) is 65.0 Å². The number of hydrogen-bond acceptors (Lipinski definition) is 3. The summed E-state index contributed by atoms with van der Waals surface area (Å²) in [5.74, 6) is 0.645. The summed E-state index contributed by atoms with van der Waals surface area (Å²) < 4.78 is 18.9. The highest BCUT2D eigenvalue weighted by atomic mass is 19.1. The van der Waals surface area contributed by atoms with E-state index in [0.29, 0.717) is 6.54 Å². The average molecular weight is 466 g/mol. The second kappa shape index (κ2) is 9.28. The van der Waals surface area contributed by atoms with Crippen molar-refractivity contribution in [1.82, 2.24) is 16.0 Å². The van der Waals surface area contributed by atoms with E-state index >= 15 is 0 Å². The maximum absolute atomic E-state index is 13.7. The molecule has 0 saturated heterocycles. The molecule has 2 aromatic carbocycles. The Morgan fingerprint density at radius 1 is 1.06 bits per heavy atom. The molecule has 0 heterocycles. The van der Waals surface area contributed by atoms with Crippen molar-refractivity contribution in [3.8, 4) is 5.75 Å². The van der Waals surface area contributed by atoms with Gasteiger partial charge in [0.1, 0.15) is 11.6 Å². The van der Waals surface area contributed by atoms with Gasteiger partial charge in [-0.3, -0.25) is 4.79 Å². The normalized spacial score (nSPS) is 27.1. The topological polar surface area (TPSA) is 79.5 Å². The zero-order valence-electron chi connectivity index (χ0n) is 19.5. The second-order valence-corrected chi connectivity index (χ2v) is 10.2. The molecule has 2 aromatic rings. The molecule has 2 fully saturated rings. The monoisotopic (exact) mass is 465 g/mol. The first-order valence-corrected chi connectivity index (χ1v) is 12.2. The van der Waals surface area contributed by atoms with Crippen molar-refractivity contribution in [2.75, 3.05) is 7.11 Å². The van der Waals surface area contributed by atoms with E-state index in [4.69, 9.17) is 4.74 Å². The lowest BCUT2D eigenvalue weighted by atomic mass is 9.50. The summed E-state index contributed by atoms with van der Waals surface area (Å²) in [6.07, 6.45) is 6.38. The Bertz CT molecular complexity index is 1060. The van der Waals surface area contributed by atoms with E-state index in [0.717, 1.165) is 67.4 Å². The van der Waals surface area contributed by atoms with Crippen LogP contribution in [0.25, 0.3) is 0 Å². The number of nitrogens with one attached hydrogen (secondary N) is 3. The number of carbonyl (C=O) groups excluding carboxylic acids is 2. The molecule has 0 aliphatic heterocycles. The van der Waals surface area contributed by atoms with Gasteiger partial charge in [-0.05, 0) is 91.3 Å². The molecule has 5 rings (SSSR count). The molecule has 7 heteroatoms. The Labute approximate surface area is 199 Å². The summed E-state index contributed by atoms with van der Waals surface area (Å²) >= 11 is 0. The molecule has 0 aromatic heterocycles. The maximum Gasteiger partial charge on any atom is 0.315 e. The van der Waals surface area contributed by atoms with Crippen LogP contribution in [0.3, 0.4) is 0 Å². The highest BCUT2D eigenvalue weighted by Gasteiger charge is 2.55. The van der Waals surface area contributed by atoms with Crippen molar-refractivity contribution in [1.29, 1.82) is 0 Å². The minimum Gasteiger partial charge on any atom is -0.497 e. The summed E-state index contributed by atoms with van der Waals surface area (Å²) in [6, 6.07) is 12.4. The van der Waals surface area contributed by atoms with E-state index in [9.17, 15) is 14.0 Å². The van der Waals surface area contributed by atoms with Crippen molar-refractivity contribution < 1.29 is 18.7 Å². The van der Waals surface area contributed by atoms with Crippen LogP contribution in [-0.2, 0) is 17.8 Å². The molecule has 0 unspecified atom stereocenters. The fraction of sp³-hybridized carbons (Fsp3) is 0.481. The quantitative estimate of drug-likeness (QED) is 0.592. The molecular weight excluding hydrogens is 433 g/mol. The summed E-state index contributed by atoms with van der Waals surface area (Å²) in [6.45, 7) is 0.462. The van der Waals surface area contributed by atoms with Gasteiger partial charge in [-0.1, -0.05) is 18.2 Å². The van der Waals surface area contributed by atoms with Crippen LogP contribution in [0.5, 0.6) is 5.75 Å². The smallest absolute Gasteiger partial charge is 0.315 e. The number of methoxy groups -OCH3 is 1. The molecule has 3 aliphatic carbocycles. The first kappa shape index (κ1) is 22.7. The molecule has 6 nitrogen and oxygen atoms in total. The van der Waals surface area contributed by atoms with Crippen LogP contribution in [0.4, 0.5) is 9.18 Å². The van der Waals surface area contributed by atoms with E-state index < -0.39 is 0 Å². The van der Waals surface area contributed by atoms with Gasteiger partial charge in [-0.2, -0.15) is 0 Å². The lowest BCUT2D eigenvalue weighted by molar-refractivity contribution is -0.139. The van der Waals surface area contributed by atoms with Crippen LogP contribution in [0.1, 0.15) is 61.3 Å². The highest BCUT2D eigenvalue weighted by Crippen LogP contribution is 2.58. The molecule has 1 atom stereocenters. The third-order valence-corrected chi connectivity index (χ3v) is 7.77. The summed E-state index contributed by atoms with van der Waals surface area (Å²) in [7, 11) is 1.63. The van der Waals surface area contributed by atoms with Gasteiger partial charge in [0.25, 0.3) is 0 Å². The summed E-state index contributed by atoms with van der Waals surface area (Å²) in [5.41, 5.74) is 3.27. The van der Waals surface area contributed by atoms with Gasteiger partial charge in [0, 0.05) is 18.5 Å². The van der Waals surface area contributed by atoms with Crippen molar-refractivity contribution in [3.63, 3.8) is 0 Å². The Kier molecular flexibility index (Phi) is 6.19. The number of rotatable bonds is 6. The Balaban J connectivity index is 1.03. The first-order chi connectivity index (χ1) is 16.4. The third kappa shape index (κ3) is 4.74. The highest BCUT2D eigenvalue weighted by molar-refractivity contribution is 5.80. The maximum atomic E-state index is 13.7. The molecule has 34 heavy (non-hydrogen) atoms. The van der Waals surface area contributed by atoms with Gasteiger partial charge in [-0.15, -0.1) is 0 Å². The van der Waals surface area contributed by atoms with E-state index in [-0.39, 0.29) is 41.2 Å². The number of urea groups is 1. The van der Waals surface area contributed by atoms with Crippen LogP contribution >= 0.6 is 0 Å². The zero-order valence-corrected chi connectivity index (χ0v) is 19.5. The number of amides is 3. The Morgan fingerprint density at radius 2 is 1.82 bits per heavy atom. The van der Waals surface area contributed by atoms with E-state index in [2.05, 4.69) is 16.0 Å². The number of halogens is 1. The number of benzene rings is 2. The first-order valence-electron chi connectivity index (χ1n) is 12.2. The van der Waals surface area contributed by atoms with Gasteiger partial charge in [-0.25, -0.2) is 9.18 Å². The van der Waals surface area contributed by atoms with Gasteiger partial charge >= 0.3 is 6.03 Å². The minimum atomic E-state index is -0.247. The van der Waals surface area contributed by atoms with Crippen LogP contribution in [-0.4, -0.2) is 25.1 Å². The van der Waals surface area contributed by atoms with E-state index in [1.165, 1.54) is 6.07 Å². The molecule has 0 radical (unpaired) electrons. The molecule has 3 aliphatic rings. The largest absolute Gasteiger partial charge is 0.497 e. The summed E-state index contributed by atoms with van der Waals surface area (Å²) in [4.78, 5) is 25.1. The molecule has 2 saturated carbocycles. The van der Waals surface area contributed by atoms with Gasteiger partial charge < -0.3 is 20.7 Å². The molecule has 0 bridgehead atoms. The van der Waals surface area contributed by atoms with Gasteiger partial charge in [0.05, 0.1) is 13.2 Å². The standard InChI is InChI=1S/C27H32FN3O3/c1-34-22-9-5-17(6-10-22)16-29-26(33)30-21-14-27(15-21)12-19(13-27)25(32)31-24-4-2-3-18-7-8-20(28)11-23(18)24/h5-11,19,21,24H,2-4,12-16H2,1H3,(H,31,32)(H2,29,30,33)/t19?,21?,24-,27?/m0/s1. The van der Waals surface area contributed by atoms with E-state index in [1.807, 2.05) is 30.3 Å². The summed E-state index contributed by atoms with van der Waals surface area (Å²) in [5, 5.41) is 9.13. The van der Waals surface area contributed by atoms with Gasteiger partial charge in [0.15, 0.2) is 0 Å². The Morgan fingerprint density at radius 3 is 2.56 bits per heavy atom. The predicted molar refractivity (Wildman–Crippen MR) is 127 cm³/mol. The number of hydrogen-bond donors (Lipinski definition) is 3. The number of ether oxygens (including phenoxy) is 1. The third-order valence-electron chi connectivity index (χ3n) is 7.77. The van der Waals surface area contributed by atoms with Crippen LogP contribution in [0, 0.1) is 17.2 Å². The fourth-order valence-electron chi connectivity index (χ4n) is 5.96. The van der Waals surface area contributed by atoms with Gasteiger partial charge in [0.2, 0.25) is 5.91 Å². The second-order valence-electron chi connectivity index (χ2n) is 10.2. The van der Waals surface area contributed by atoms with Crippen LogP contribution < -0.4 is 20.7 Å². The number of fused-ring (bicyclic) bond motifs is 1. The van der Waals surface area contributed by atoms with Crippen LogP contribution in [0.2, 0.25) is 0 Å². The zero-order chi connectivity index (χ0) is 23.7. The van der Waals surface area contributed by atoms with Crippen molar-refractivity contribution in [2.45, 2.75) is 63.6 Å². The number of carbonyl (C=O) groups is 2. The van der Waals surface area contributed by atoms with Crippen molar-refractivity contribution in [2.24, 2.45) is 11.3 Å². The lowest BCUT2D eigenvalue weighted by Crippen LogP contribution is -2.59. The molecule has 1 spiro atoms. The minimum absolute atomic E-state index is 0.0174. The molecular formula is C27H32FN3O3.